The van der Waals surface area contributed by atoms with E-state index in [0.29, 0.717) is 0 Å². The van der Waals surface area contributed by atoms with Crippen LogP contribution < -0.4 is 5.32 Å². The van der Waals surface area contributed by atoms with Crippen LogP contribution in [0.4, 0.5) is 0 Å². The number of hydrogen-bond donors (Lipinski definition) is 1. The summed E-state index contributed by atoms with van der Waals surface area (Å²) in [5, 5.41) is 3.55. The predicted molar refractivity (Wildman–Crippen MR) is 95.1 cm³/mol. The van der Waals surface area contributed by atoms with Crippen molar-refractivity contribution in [2.75, 3.05) is 6.54 Å². The molecule has 0 saturated carbocycles. The molecule has 1 heteroatoms. The lowest BCUT2D eigenvalue weighted by molar-refractivity contribution is 0.416. The third-order valence-corrected chi connectivity index (χ3v) is 3.87. The van der Waals surface area contributed by atoms with E-state index < -0.39 is 0 Å². The Hall–Kier alpha value is -0.820. The molecule has 0 fully saturated rings. The maximum Gasteiger partial charge on any atom is 0.00965 e. The Bertz CT molecular complexity index is 389. The van der Waals surface area contributed by atoms with Gasteiger partial charge in [0.1, 0.15) is 0 Å². The van der Waals surface area contributed by atoms with E-state index in [1.54, 1.807) is 0 Å². The lowest BCUT2D eigenvalue weighted by Gasteiger charge is -2.20. The molecule has 1 aromatic carbocycles. The molecule has 0 atom stereocenters. The topological polar surface area (TPSA) is 12.0 Å². The first-order chi connectivity index (χ1) is 9.68. The fourth-order valence-electron chi connectivity index (χ4n) is 2.44. The molecule has 0 aromatic heterocycles. The second-order valence-electron chi connectivity index (χ2n) is 8.29. The fourth-order valence-corrected chi connectivity index (χ4v) is 2.44. The van der Waals surface area contributed by atoms with Gasteiger partial charge in [0.15, 0.2) is 0 Å². The minimum absolute atomic E-state index is 0.259. The normalized spacial score (nSPS) is 12.7. The monoisotopic (exact) mass is 289 g/mol. The molecule has 1 nitrogen and oxygen atoms in total. The molecule has 0 unspecified atom stereocenters. The molecule has 0 saturated heterocycles. The summed E-state index contributed by atoms with van der Waals surface area (Å²) in [5.41, 5.74) is 3.43. The van der Waals surface area contributed by atoms with Gasteiger partial charge < -0.3 is 5.32 Å². The van der Waals surface area contributed by atoms with Gasteiger partial charge in [-0.25, -0.2) is 0 Å². The zero-order valence-electron chi connectivity index (χ0n) is 15.1. The molecule has 1 rings (SSSR count). The van der Waals surface area contributed by atoms with E-state index in [9.17, 15) is 0 Å². The molecule has 1 N–H and O–H groups in total. The van der Waals surface area contributed by atoms with E-state index in [4.69, 9.17) is 0 Å². The highest BCUT2D eigenvalue weighted by Crippen LogP contribution is 2.22. The molecule has 0 aliphatic carbocycles. The van der Waals surface area contributed by atoms with Crippen LogP contribution in [-0.2, 0) is 11.8 Å². The number of benzene rings is 1. The molecule has 1 aromatic rings. The highest BCUT2D eigenvalue weighted by atomic mass is 14.9. The highest BCUT2D eigenvalue weighted by Gasteiger charge is 2.12. The van der Waals surface area contributed by atoms with E-state index in [-0.39, 0.29) is 11.0 Å². The number of hydrogen-bond acceptors (Lipinski definition) is 1. The van der Waals surface area contributed by atoms with Gasteiger partial charge in [0.2, 0.25) is 0 Å². The third-order valence-electron chi connectivity index (χ3n) is 3.87. The Morgan fingerprint density at radius 2 is 1.33 bits per heavy atom. The van der Waals surface area contributed by atoms with Crippen LogP contribution in [0.5, 0.6) is 0 Å². The van der Waals surface area contributed by atoms with Gasteiger partial charge in [-0.05, 0) is 63.1 Å². The minimum Gasteiger partial charge on any atom is -0.312 e. The summed E-state index contributed by atoms with van der Waals surface area (Å²) in [6, 6.07) is 9.20. The summed E-state index contributed by atoms with van der Waals surface area (Å²) in [5.74, 6) is 0. The second kappa shape index (κ2) is 7.98. The minimum atomic E-state index is 0.259. The maximum absolute atomic E-state index is 3.55. The van der Waals surface area contributed by atoms with Crippen LogP contribution in [0.1, 0.15) is 78.4 Å². The van der Waals surface area contributed by atoms with E-state index in [0.717, 1.165) is 6.54 Å². The molecule has 120 valence electrons. The lowest BCUT2D eigenvalue weighted by atomic mass is 9.86. The van der Waals surface area contributed by atoms with Gasteiger partial charge in [0.25, 0.3) is 0 Å². The van der Waals surface area contributed by atoms with Crippen molar-refractivity contribution in [3.63, 3.8) is 0 Å². The van der Waals surface area contributed by atoms with Crippen molar-refractivity contribution in [3.8, 4) is 0 Å². The summed E-state index contributed by atoms with van der Waals surface area (Å²) in [4.78, 5) is 0. The lowest BCUT2D eigenvalue weighted by Crippen LogP contribution is -2.36. The van der Waals surface area contributed by atoms with Gasteiger partial charge in [-0.3, -0.25) is 0 Å². The first-order valence-corrected chi connectivity index (χ1v) is 8.53. The van der Waals surface area contributed by atoms with Crippen molar-refractivity contribution < 1.29 is 0 Å². The van der Waals surface area contributed by atoms with Crippen molar-refractivity contribution >= 4 is 0 Å². The Kier molecular flexibility index (Phi) is 6.93. The number of nitrogens with one attached hydrogen (secondary N) is 1. The van der Waals surface area contributed by atoms with Gasteiger partial charge in [-0.15, -0.1) is 0 Å². The van der Waals surface area contributed by atoms with Gasteiger partial charge in [0, 0.05) is 5.54 Å². The molecule has 0 spiro atoms. The van der Waals surface area contributed by atoms with Crippen molar-refractivity contribution in [1.29, 1.82) is 0 Å². The summed E-state index contributed by atoms with van der Waals surface area (Å²) in [6.07, 6.45) is 6.50. The summed E-state index contributed by atoms with van der Waals surface area (Å²) >= 11 is 0. The Labute approximate surface area is 132 Å². The van der Waals surface area contributed by atoms with Crippen molar-refractivity contribution in [2.45, 2.75) is 84.6 Å². The molecule has 0 bridgehead atoms. The Morgan fingerprint density at radius 3 is 1.86 bits per heavy atom. The van der Waals surface area contributed by atoms with Gasteiger partial charge in [-0.1, -0.05) is 57.9 Å². The average molecular weight is 290 g/mol. The SMILES string of the molecule is CC(C)(C)NCCCCCCc1ccc(C(C)(C)C)cc1. The zero-order valence-corrected chi connectivity index (χ0v) is 15.1. The van der Waals surface area contributed by atoms with Crippen LogP contribution in [0.2, 0.25) is 0 Å². The quantitative estimate of drug-likeness (QED) is 0.656. The smallest absolute Gasteiger partial charge is 0.00965 e. The molecule has 0 aliphatic rings. The van der Waals surface area contributed by atoms with Crippen LogP contribution in [-0.4, -0.2) is 12.1 Å². The fraction of sp³-hybridized carbons (Fsp3) is 0.700. The van der Waals surface area contributed by atoms with E-state index in [1.165, 1.54) is 43.2 Å². The number of unbranched alkanes of at least 4 members (excludes halogenated alkanes) is 3. The average Bonchev–Trinajstić information content (AvgIpc) is 2.36. The summed E-state index contributed by atoms with van der Waals surface area (Å²) in [6.45, 7) is 14.6. The van der Waals surface area contributed by atoms with Crippen LogP contribution in [0.25, 0.3) is 0 Å². The van der Waals surface area contributed by atoms with Crippen molar-refractivity contribution in [1.82, 2.24) is 5.32 Å². The predicted octanol–water partition coefficient (Wildman–Crippen LogP) is 5.48. The molecular weight excluding hydrogens is 254 g/mol. The maximum atomic E-state index is 3.55. The van der Waals surface area contributed by atoms with Gasteiger partial charge in [-0.2, -0.15) is 0 Å². The van der Waals surface area contributed by atoms with E-state index >= 15 is 0 Å². The largest absolute Gasteiger partial charge is 0.312 e. The molecule has 0 heterocycles. The number of rotatable bonds is 7. The standard InChI is InChI=1S/C20H35N/c1-19(2,3)18-14-12-17(13-15-18)11-9-7-8-10-16-21-20(4,5)6/h12-15,21H,7-11,16H2,1-6H3. The first-order valence-electron chi connectivity index (χ1n) is 8.53. The van der Waals surface area contributed by atoms with Gasteiger partial charge in [0.05, 0.1) is 0 Å². The second-order valence-corrected chi connectivity index (χ2v) is 8.29. The molecular formula is C20H35N. The summed E-state index contributed by atoms with van der Waals surface area (Å²) in [7, 11) is 0. The zero-order chi connectivity index (χ0) is 15.9. The van der Waals surface area contributed by atoms with Crippen molar-refractivity contribution in [2.24, 2.45) is 0 Å². The molecule has 21 heavy (non-hydrogen) atoms. The van der Waals surface area contributed by atoms with Crippen LogP contribution in [0.3, 0.4) is 0 Å². The molecule has 0 radical (unpaired) electrons. The van der Waals surface area contributed by atoms with Gasteiger partial charge >= 0.3 is 0 Å². The summed E-state index contributed by atoms with van der Waals surface area (Å²) < 4.78 is 0. The van der Waals surface area contributed by atoms with Crippen molar-refractivity contribution in [3.05, 3.63) is 35.4 Å². The van der Waals surface area contributed by atoms with E-state index in [1.807, 2.05) is 0 Å². The third kappa shape index (κ3) is 8.26. The Morgan fingerprint density at radius 1 is 0.762 bits per heavy atom. The Balaban J connectivity index is 2.16. The van der Waals surface area contributed by atoms with Crippen LogP contribution >= 0.6 is 0 Å². The molecule has 0 aliphatic heterocycles. The van der Waals surface area contributed by atoms with Crippen LogP contribution in [0.15, 0.2) is 24.3 Å². The first kappa shape index (κ1) is 18.2. The highest BCUT2D eigenvalue weighted by molar-refractivity contribution is 5.27. The van der Waals surface area contributed by atoms with Crippen LogP contribution in [0, 0.1) is 0 Å². The number of aryl methyl sites for hydroxylation is 1. The molecule has 0 amide bonds. The van der Waals surface area contributed by atoms with E-state index in [2.05, 4.69) is 71.1 Å².